The lowest BCUT2D eigenvalue weighted by atomic mass is 10.3. The van der Waals surface area contributed by atoms with Gasteiger partial charge in [0.15, 0.2) is 0 Å². The van der Waals surface area contributed by atoms with E-state index in [9.17, 15) is 14.4 Å². The molecule has 1 saturated heterocycles. The molecule has 0 unspecified atom stereocenters. The van der Waals surface area contributed by atoms with E-state index >= 15 is 0 Å². The topological polar surface area (TPSA) is 69.7 Å². The van der Waals surface area contributed by atoms with Crippen molar-refractivity contribution in [2.24, 2.45) is 0 Å². The Kier molecular flexibility index (Phi) is 3.19. The Morgan fingerprint density at radius 3 is 2.36 bits per heavy atom. The number of carbonyl (C=O) groups excluding carboxylic acids is 3. The molecule has 4 amide bonds. The number of nitrogens with zero attached hydrogens (tertiary/aromatic N) is 2. The molecule has 1 heterocycles. The van der Waals surface area contributed by atoms with Gasteiger partial charge in [-0.15, -0.1) is 0 Å². The van der Waals surface area contributed by atoms with Gasteiger partial charge in [-0.1, -0.05) is 0 Å². The molecule has 1 N–H and O–H groups in total. The van der Waals surface area contributed by atoms with Crippen molar-refractivity contribution in [3.05, 3.63) is 0 Å². The van der Waals surface area contributed by atoms with E-state index < -0.39 is 17.8 Å². The molecule has 1 rings (SSSR count). The van der Waals surface area contributed by atoms with E-state index in [1.54, 1.807) is 0 Å². The summed E-state index contributed by atoms with van der Waals surface area (Å²) in [5, 5.41) is 1.94. The first-order valence-corrected chi connectivity index (χ1v) is 4.34. The quantitative estimate of drug-likeness (QED) is 0.466. The third-order valence-corrected chi connectivity index (χ3v) is 1.89. The van der Waals surface area contributed by atoms with E-state index in [0.29, 0.717) is 6.42 Å². The second kappa shape index (κ2) is 4.19. The molecule has 0 aliphatic carbocycles. The van der Waals surface area contributed by atoms with E-state index in [1.807, 2.05) is 24.3 Å². The normalized spacial score (nSPS) is 16.8. The zero-order chi connectivity index (χ0) is 10.7. The molecule has 1 fully saturated rings. The average molecular weight is 199 g/mol. The van der Waals surface area contributed by atoms with Crippen LogP contribution in [0.25, 0.3) is 0 Å². The molecular weight excluding hydrogens is 186 g/mol. The first-order chi connectivity index (χ1) is 6.52. The van der Waals surface area contributed by atoms with Gasteiger partial charge in [-0.3, -0.25) is 19.8 Å². The Labute approximate surface area is 81.8 Å². The van der Waals surface area contributed by atoms with Crippen LogP contribution in [0.1, 0.15) is 6.42 Å². The molecule has 0 aromatic rings. The van der Waals surface area contributed by atoms with Crippen LogP contribution in [-0.4, -0.2) is 54.8 Å². The van der Waals surface area contributed by atoms with Gasteiger partial charge in [0.2, 0.25) is 0 Å². The molecule has 0 bridgehead atoms. The third-order valence-electron chi connectivity index (χ3n) is 1.89. The number of carbonyl (C=O) groups is 3. The summed E-state index contributed by atoms with van der Waals surface area (Å²) in [6.45, 7) is 1.06. The van der Waals surface area contributed by atoms with Crippen LogP contribution in [0.2, 0.25) is 0 Å². The standard InChI is InChI=1S/C8H13N3O3/c1-10(2)4-3-5-11-7(13)6(12)9-8(11)14/h3-5H2,1-2H3,(H,9,12,14). The smallest absolute Gasteiger partial charge is 0.309 e. The van der Waals surface area contributed by atoms with Crippen molar-refractivity contribution in [1.82, 2.24) is 15.1 Å². The second-order valence-electron chi connectivity index (χ2n) is 3.37. The first-order valence-electron chi connectivity index (χ1n) is 4.34. The predicted octanol–water partition coefficient (Wildman–Crippen LogP) is -0.984. The van der Waals surface area contributed by atoms with E-state index in [4.69, 9.17) is 0 Å². The Morgan fingerprint density at radius 1 is 1.29 bits per heavy atom. The number of imide groups is 2. The maximum atomic E-state index is 11.1. The fraction of sp³-hybridized carbons (Fsp3) is 0.625. The van der Waals surface area contributed by atoms with Gasteiger partial charge in [-0.05, 0) is 27.1 Å². The summed E-state index contributed by atoms with van der Waals surface area (Å²) in [5.74, 6) is -1.59. The average Bonchev–Trinajstić information content (AvgIpc) is 2.31. The summed E-state index contributed by atoms with van der Waals surface area (Å²) in [5.41, 5.74) is 0. The van der Waals surface area contributed by atoms with E-state index in [0.717, 1.165) is 11.4 Å². The molecule has 78 valence electrons. The van der Waals surface area contributed by atoms with Crippen LogP contribution < -0.4 is 5.32 Å². The van der Waals surface area contributed by atoms with Gasteiger partial charge in [-0.25, -0.2) is 4.79 Å². The van der Waals surface area contributed by atoms with Gasteiger partial charge in [-0.2, -0.15) is 0 Å². The number of urea groups is 1. The summed E-state index contributed by atoms with van der Waals surface area (Å²) in [4.78, 5) is 35.7. The van der Waals surface area contributed by atoms with Crippen molar-refractivity contribution in [1.29, 1.82) is 0 Å². The highest BCUT2D eigenvalue weighted by atomic mass is 16.2. The number of hydrogen-bond acceptors (Lipinski definition) is 4. The number of nitrogens with one attached hydrogen (secondary N) is 1. The van der Waals surface area contributed by atoms with Crippen LogP contribution in [0.5, 0.6) is 0 Å². The SMILES string of the molecule is CN(C)CCCN1C(=O)NC(=O)C1=O. The largest absolute Gasteiger partial charge is 0.331 e. The number of amides is 4. The van der Waals surface area contributed by atoms with Gasteiger partial charge in [0.1, 0.15) is 0 Å². The molecule has 0 aromatic carbocycles. The van der Waals surface area contributed by atoms with Crippen molar-refractivity contribution in [2.45, 2.75) is 6.42 Å². The van der Waals surface area contributed by atoms with Crippen LogP contribution in [0, 0.1) is 0 Å². The van der Waals surface area contributed by atoms with Gasteiger partial charge in [0, 0.05) is 6.54 Å². The molecule has 14 heavy (non-hydrogen) atoms. The van der Waals surface area contributed by atoms with Crippen LogP contribution in [0.15, 0.2) is 0 Å². The molecule has 0 saturated carbocycles. The Hall–Kier alpha value is -1.43. The lowest BCUT2D eigenvalue weighted by Crippen LogP contribution is -2.33. The molecule has 0 atom stereocenters. The fourth-order valence-corrected chi connectivity index (χ4v) is 1.18. The van der Waals surface area contributed by atoms with E-state index in [2.05, 4.69) is 0 Å². The summed E-state index contributed by atoms with van der Waals surface area (Å²) in [7, 11) is 3.80. The molecule has 1 aliphatic heterocycles. The highest BCUT2D eigenvalue weighted by Gasteiger charge is 2.36. The second-order valence-corrected chi connectivity index (χ2v) is 3.37. The molecule has 0 aromatic heterocycles. The molecule has 0 radical (unpaired) electrons. The zero-order valence-electron chi connectivity index (χ0n) is 8.24. The lowest BCUT2D eigenvalue weighted by molar-refractivity contribution is -0.140. The van der Waals surface area contributed by atoms with Gasteiger partial charge < -0.3 is 4.90 Å². The van der Waals surface area contributed by atoms with Gasteiger partial charge in [0.05, 0.1) is 0 Å². The third kappa shape index (κ3) is 2.29. The first kappa shape index (κ1) is 10.6. The highest BCUT2D eigenvalue weighted by molar-refractivity contribution is 6.44. The van der Waals surface area contributed by atoms with E-state index in [1.165, 1.54) is 0 Å². The van der Waals surface area contributed by atoms with Crippen molar-refractivity contribution < 1.29 is 14.4 Å². The van der Waals surface area contributed by atoms with Crippen molar-refractivity contribution in [3.63, 3.8) is 0 Å². The van der Waals surface area contributed by atoms with Gasteiger partial charge in [0.25, 0.3) is 0 Å². The van der Waals surface area contributed by atoms with Crippen molar-refractivity contribution in [2.75, 3.05) is 27.2 Å². The molecule has 6 nitrogen and oxygen atoms in total. The maximum Gasteiger partial charge on any atom is 0.331 e. The highest BCUT2D eigenvalue weighted by Crippen LogP contribution is 2.01. The fourth-order valence-electron chi connectivity index (χ4n) is 1.18. The lowest BCUT2D eigenvalue weighted by Gasteiger charge is -2.13. The zero-order valence-corrected chi connectivity index (χ0v) is 8.24. The summed E-state index contributed by atoms with van der Waals surface area (Å²) in [6, 6.07) is -0.612. The summed E-state index contributed by atoms with van der Waals surface area (Å²) >= 11 is 0. The maximum absolute atomic E-state index is 11.1. The van der Waals surface area contributed by atoms with Crippen LogP contribution in [-0.2, 0) is 9.59 Å². The van der Waals surface area contributed by atoms with Crippen LogP contribution >= 0.6 is 0 Å². The molecular formula is C8H13N3O3. The molecule has 1 aliphatic rings. The minimum absolute atomic E-state index is 0.286. The van der Waals surface area contributed by atoms with E-state index in [-0.39, 0.29) is 6.54 Å². The molecule has 6 heteroatoms. The van der Waals surface area contributed by atoms with Crippen molar-refractivity contribution >= 4 is 17.8 Å². The number of hydrogen-bond donors (Lipinski definition) is 1. The van der Waals surface area contributed by atoms with Crippen LogP contribution in [0.4, 0.5) is 4.79 Å². The number of rotatable bonds is 4. The summed E-state index contributed by atoms with van der Waals surface area (Å²) < 4.78 is 0. The minimum atomic E-state index is -0.833. The van der Waals surface area contributed by atoms with Crippen molar-refractivity contribution in [3.8, 4) is 0 Å². The minimum Gasteiger partial charge on any atom is -0.309 e. The monoisotopic (exact) mass is 199 g/mol. The van der Waals surface area contributed by atoms with Crippen LogP contribution in [0.3, 0.4) is 0 Å². The molecule has 0 spiro atoms. The summed E-state index contributed by atoms with van der Waals surface area (Å²) in [6.07, 6.45) is 0.666. The predicted molar refractivity (Wildman–Crippen MR) is 48.4 cm³/mol. The Balaban J connectivity index is 2.41. The Bertz CT molecular complexity index is 275. The van der Waals surface area contributed by atoms with Gasteiger partial charge >= 0.3 is 17.8 Å². The Morgan fingerprint density at radius 2 is 1.93 bits per heavy atom.